The van der Waals surface area contributed by atoms with E-state index in [0.29, 0.717) is 21.9 Å². The van der Waals surface area contributed by atoms with Crippen LogP contribution in [-0.4, -0.2) is 41.0 Å². The van der Waals surface area contributed by atoms with Crippen LogP contribution in [0.15, 0.2) is 27.7 Å². The van der Waals surface area contributed by atoms with Gasteiger partial charge >= 0.3 is 5.97 Å². The second-order valence-electron chi connectivity index (χ2n) is 7.74. The Labute approximate surface area is 223 Å². The number of carbonyl (C=O) groups is 3. The summed E-state index contributed by atoms with van der Waals surface area (Å²) < 4.78 is 8.67. The normalized spacial score (nSPS) is 13.3. The van der Waals surface area contributed by atoms with E-state index in [4.69, 9.17) is 11.2 Å². The number of nitrogens with one attached hydrogen (secondary N) is 1. The molecule has 1 aliphatic carbocycles. The lowest BCUT2D eigenvalue weighted by Crippen LogP contribution is -2.19. The molecule has 0 unspecified atom stereocenters. The number of terminal acetylenes is 1. The van der Waals surface area contributed by atoms with E-state index < -0.39 is 5.97 Å². The van der Waals surface area contributed by atoms with Crippen LogP contribution in [-0.2, 0) is 33.7 Å². The highest BCUT2D eigenvalue weighted by Gasteiger charge is 2.26. The van der Waals surface area contributed by atoms with Crippen LogP contribution in [0, 0.1) is 12.3 Å². The zero-order valence-electron chi connectivity index (χ0n) is 18.9. The first-order chi connectivity index (χ1) is 16.9. The summed E-state index contributed by atoms with van der Waals surface area (Å²) in [5.74, 6) is 1.66. The van der Waals surface area contributed by atoms with Gasteiger partial charge in [-0.05, 0) is 49.4 Å². The maximum absolute atomic E-state index is 12.6. The smallest absolute Gasteiger partial charge is 0.341 e. The molecule has 0 fully saturated rings. The molecule has 2 amide bonds. The van der Waals surface area contributed by atoms with E-state index in [0.717, 1.165) is 50.8 Å². The number of esters is 1. The highest BCUT2D eigenvalue weighted by atomic mass is 79.9. The maximum Gasteiger partial charge on any atom is 0.341 e. The average molecular weight is 593 g/mol. The van der Waals surface area contributed by atoms with Gasteiger partial charge < -0.3 is 14.6 Å². The molecule has 0 spiro atoms. The van der Waals surface area contributed by atoms with Crippen molar-refractivity contribution in [3.05, 3.63) is 43.5 Å². The predicted octanol–water partition coefficient (Wildman–Crippen LogP) is 4.62. The number of benzene rings is 1. The Bertz CT molecular complexity index is 1410. The minimum Gasteiger partial charge on any atom is -0.465 e. The molecule has 0 radical (unpaired) electrons. The topological polar surface area (TPSA) is 89.8 Å². The highest BCUT2D eigenvalue weighted by Crippen LogP contribution is 2.38. The Morgan fingerprint density at radius 1 is 1.26 bits per heavy atom. The monoisotopic (exact) mass is 591 g/mol. The molecule has 7 nitrogen and oxygen atoms in total. The molecule has 0 saturated heterocycles. The van der Waals surface area contributed by atoms with Crippen molar-refractivity contribution in [2.75, 3.05) is 23.9 Å². The molecule has 2 aromatic heterocycles. The van der Waals surface area contributed by atoms with E-state index in [1.54, 1.807) is 0 Å². The Kier molecular flexibility index (Phi) is 8.49. The van der Waals surface area contributed by atoms with Crippen LogP contribution in [0.5, 0.6) is 0 Å². The van der Waals surface area contributed by atoms with Gasteiger partial charge in [0.1, 0.15) is 5.00 Å². The van der Waals surface area contributed by atoms with Crippen molar-refractivity contribution < 1.29 is 19.1 Å². The average Bonchev–Trinajstić information content (AvgIpc) is 3.35. The van der Waals surface area contributed by atoms with Crippen LogP contribution in [0.4, 0.5) is 5.00 Å². The van der Waals surface area contributed by atoms with Gasteiger partial charge in [-0.1, -0.05) is 33.2 Å². The molecule has 11 heteroatoms. The fourth-order valence-corrected chi connectivity index (χ4v) is 7.37. The van der Waals surface area contributed by atoms with Gasteiger partial charge in [-0.25, -0.2) is 4.79 Å². The lowest BCUT2D eigenvalue weighted by molar-refractivity contribution is -0.115. The molecule has 0 bridgehead atoms. The molecular weight excluding hydrogens is 570 g/mol. The number of halogens is 1. The molecule has 1 aliphatic rings. The first-order valence-corrected chi connectivity index (χ1v) is 14.4. The number of anilines is 1. The summed E-state index contributed by atoms with van der Waals surface area (Å²) in [5, 5.41) is 3.37. The van der Waals surface area contributed by atoms with E-state index in [2.05, 4.69) is 32.2 Å². The Hall–Kier alpha value is -2.39. The molecule has 1 aromatic carbocycles. The Morgan fingerprint density at radius 3 is 2.83 bits per heavy atom. The van der Waals surface area contributed by atoms with Crippen molar-refractivity contribution in [2.24, 2.45) is 4.99 Å². The van der Waals surface area contributed by atoms with Crippen molar-refractivity contribution in [3.8, 4) is 12.3 Å². The number of rotatable bonds is 7. The zero-order valence-corrected chi connectivity index (χ0v) is 22.9. The van der Waals surface area contributed by atoms with Crippen LogP contribution in [0.25, 0.3) is 10.2 Å². The summed E-state index contributed by atoms with van der Waals surface area (Å²) in [7, 11) is 1.34. The van der Waals surface area contributed by atoms with E-state index in [-0.39, 0.29) is 23.3 Å². The second-order valence-corrected chi connectivity index (χ2v) is 11.8. The third-order valence-corrected chi connectivity index (χ3v) is 9.05. The van der Waals surface area contributed by atoms with E-state index >= 15 is 0 Å². The summed E-state index contributed by atoms with van der Waals surface area (Å²) >= 11 is 7.45. The van der Waals surface area contributed by atoms with Gasteiger partial charge in [0.05, 0.1) is 40.9 Å². The molecule has 0 aliphatic heterocycles. The summed E-state index contributed by atoms with van der Waals surface area (Å²) in [6.07, 6.45) is 9.31. The van der Waals surface area contributed by atoms with Crippen LogP contribution < -0.4 is 10.1 Å². The standard InChI is InChI=1S/C24H22BrN3O4S3/c1-3-10-28-16-9-8-14(25)11-18(16)35-24(28)27-20(30)13-33-12-19(29)26-22-21(23(31)32-2)15-6-4-5-7-17(15)34-22/h1,8-9,11H,4-7,10,12-13H2,2H3,(H,26,29). The zero-order chi connectivity index (χ0) is 24.9. The molecule has 4 rings (SSSR count). The fraction of sp³-hybridized carbons (Fsp3) is 0.333. The number of amides is 2. The second kappa shape index (κ2) is 11.6. The SMILES string of the molecule is C#CCn1c(=NC(=O)CSCC(=O)Nc2sc3c(c2C(=O)OC)CCCC3)sc2cc(Br)ccc21. The van der Waals surface area contributed by atoms with Gasteiger partial charge in [-0.15, -0.1) is 29.5 Å². The first-order valence-electron chi connectivity index (χ1n) is 10.8. The summed E-state index contributed by atoms with van der Waals surface area (Å²) in [6.45, 7) is 0.302. The van der Waals surface area contributed by atoms with Gasteiger partial charge in [-0.2, -0.15) is 4.99 Å². The first kappa shape index (κ1) is 25.7. The summed E-state index contributed by atoms with van der Waals surface area (Å²) in [4.78, 5) is 43.3. The molecular formula is C24H22BrN3O4S3. The largest absolute Gasteiger partial charge is 0.465 e. The van der Waals surface area contributed by atoms with Crippen molar-refractivity contribution >= 4 is 83.4 Å². The van der Waals surface area contributed by atoms with Crippen LogP contribution >= 0.6 is 50.4 Å². The lowest BCUT2D eigenvalue weighted by Gasteiger charge is -2.11. The van der Waals surface area contributed by atoms with Gasteiger partial charge in [0.25, 0.3) is 5.91 Å². The quantitative estimate of drug-likeness (QED) is 0.320. The van der Waals surface area contributed by atoms with Crippen LogP contribution in [0.1, 0.15) is 33.6 Å². The number of hydrogen-bond donors (Lipinski definition) is 1. The predicted molar refractivity (Wildman–Crippen MR) is 145 cm³/mol. The van der Waals surface area contributed by atoms with Crippen molar-refractivity contribution in [1.82, 2.24) is 4.57 Å². The third-order valence-electron chi connectivity index (χ3n) is 5.39. The number of thiophene rings is 1. The van der Waals surface area contributed by atoms with Gasteiger partial charge in [0.2, 0.25) is 5.91 Å². The van der Waals surface area contributed by atoms with Crippen molar-refractivity contribution in [2.45, 2.75) is 32.2 Å². The number of carbonyl (C=O) groups excluding carboxylic acids is 3. The number of methoxy groups -OCH3 is 1. The number of aromatic nitrogens is 1. The molecule has 2 heterocycles. The number of thioether (sulfide) groups is 1. The van der Waals surface area contributed by atoms with Gasteiger partial charge in [0, 0.05) is 9.35 Å². The molecule has 1 N–H and O–H groups in total. The van der Waals surface area contributed by atoms with Crippen molar-refractivity contribution in [1.29, 1.82) is 0 Å². The molecule has 0 saturated carbocycles. The number of aryl methyl sites for hydroxylation is 1. The summed E-state index contributed by atoms with van der Waals surface area (Å²) in [6, 6.07) is 5.80. The van der Waals surface area contributed by atoms with Gasteiger partial charge in [0.15, 0.2) is 4.80 Å². The third kappa shape index (κ3) is 5.89. The molecule has 0 atom stereocenters. The summed E-state index contributed by atoms with van der Waals surface area (Å²) in [5.41, 5.74) is 2.36. The lowest BCUT2D eigenvalue weighted by atomic mass is 9.95. The number of ether oxygens (including phenoxy) is 1. The Morgan fingerprint density at radius 2 is 2.06 bits per heavy atom. The van der Waals surface area contributed by atoms with Crippen molar-refractivity contribution in [3.63, 3.8) is 0 Å². The minimum atomic E-state index is -0.433. The fourth-order valence-electron chi connectivity index (χ4n) is 3.88. The van der Waals surface area contributed by atoms with E-state index in [1.807, 2.05) is 22.8 Å². The Balaban J connectivity index is 1.41. The number of nitrogens with zero attached hydrogens (tertiary/aromatic N) is 2. The van der Waals surface area contributed by atoms with E-state index in [1.165, 1.54) is 41.5 Å². The highest BCUT2D eigenvalue weighted by molar-refractivity contribution is 9.10. The molecule has 35 heavy (non-hydrogen) atoms. The van der Waals surface area contributed by atoms with Crippen LogP contribution in [0.3, 0.4) is 0 Å². The minimum absolute atomic E-state index is 0.0478. The number of hydrogen-bond acceptors (Lipinski definition) is 7. The number of thiazole rings is 1. The van der Waals surface area contributed by atoms with E-state index in [9.17, 15) is 14.4 Å². The number of fused-ring (bicyclic) bond motifs is 2. The molecule has 3 aromatic rings. The van der Waals surface area contributed by atoms with Crippen LogP contribution in [0.2, 0.25) is 0 Å². The molecule has 182 valence electrons. The van der Waals surface area contributed by atoms with Gasteiger partial charge in [-0.3, -0.25) is 9.59 Å². The maximum atomic E-state index is 12.6.